The molecule has 0 aliphatic heterocycles. The van der Waals surface area contributed by atoms with Crippen LogP contribution in [-0.4, -0.2) is 32.4 Å². The van der Waals surface area contributed by atoms with Crippen LogP contribution in [0.15, 0.2) is 24.3 Å². The molecule has 3 heteroatoms. The van der Waals surface area contributed by atoms with Crippen LogP contribution < -0.4 is 10.1 Å². The highest BCUT2D eigenvalue weighted by Gasteiger charge is 2.03. The van der Waals surface area contributed by atoms with E-state index in [1.807, 2.05) is 6.92 Å². The lowest BCUT2D eigenvalue weighted by Crippen LogP contribution is -2.30. The summed E-state index contributed by atoms with van der Waals surface area (Å²) in [7, 11) is 0. The Morgan fingerprint density at radius 3 is 2.52 bits per heavy atom. The average molecular weight is 293 g/mol. The maximum Gasteiger partial charge on any atom is 0.119 e. The van der Waals surface area contributed by atoms with Gasteiger partial charge in [-0.3, -0.25) is 0 Å². The van der Waals surface area contributed by atoms with Crippen molar-refractivity contribution in [2.75, 3.05) is 26.3 Å². The first-order valence-corrected chi connectivity index (χ1v) is 8.30. The summed E-state index contributed by atoms with van der Waals surface area (Å²) in [6, 6.07) is 8.51. The Bertz CT molecular complexity index is 351. The summed E-state index contributed by atoms with van der Waals surface area (Å²) < 4.78 is 11.2. The van der Waals surface area contributed by atoms with Crippen molar-refractivity contribution < 1.29 is 9.47 Å². The topological polar surface area (TPSA) is 30.5 Å². The summed E-state index contributed by atoms with van der Waals surface area (Å²) in [6.07, 6.45) is 4.88. The predicted octanol–water partition coefficient (Wildman–Crippen LogP) is 3.81. The second-order valence-electron chi connectivity index (χ2n) is 5.43. The molecule has 0 aliphatic carbocycles. The highest BCUT2D eigenvalue weighted by atomic mass is 16.5. The van der Waals surface area contributed by atoms with Crippen LogP contribution in [0.4, 0.5) is 0 Å². The van der Waals surface area contributed by atoms with Crippen molar-refractivity contribution in [3.05, 3.63) is 29.8 Å². The van der Waals surface area contributed by atoms with Crippen LogP contribution in [0, 0.1) is 0 Å². The molecule has 0 bridgehead atoms. The van der Waals surface area contributed by atoms with Gasteiger partial charge < -0.3 is 14.8 Å². The van der Waals surface area contributed by atoms with Crippen molar-refractivity contribution in [3.63, 3.8) is 0 Å². The molecule has 1 rings (SSSR count). The summed E-state index contributed by atoms with van der Waals surface area (Å²) in [6.45, 7) is 9.82. The first-order chi connectivity index (χ1) is 10.3. The minimum absolute atomic E-state index is 0.179. The molecule has 0 saturated heterocycles. The quantitative estimate of drug-likeness (QED) is 0.594. The van der Waals surface area contributed by atoms with Crippen LogP contribution in [0.3, 0.4) is 0 Å². The summed E-state index contributed by atoms with van der Waals surface area (Å²) in [5, 5.41) is 3.40. The lowest BCUT2D eigenvalue weighted by atomic mass is 10.1. The monoisotopic (exact) mass is 293 g/mol. The predicted molar refractivity (Wildman–Crippen MR) is 89.1 cm³/mol. The average Bonchev–Trinajstić information content (AvgIpc) is 2.50. The van der Waals surface area contributed by atoms with Crippen LogP contribution in [-0.2, 0) is 11.2 Å². The van der Waals surface area contributed by atoms with Gasteiger partial charge in [0.05, 0.1) is 0 Å². The van der Waals surface area contributed by atoms with E-state index >= 15 is 0 Å². The molecule has 0 fully saturated rings. The van der Waals surface area contributed by atoms with Gasteiger partial charge in [0.2, 0.25) is 0 Å². The molecule has 0 aliphatic rings. The van der Waals surface area contributed by atoms with Crippen LogP contribution in [0.5, 0.6) is 5.75 Å². The van der Waals surface area contributed by atoms with Gasteiger partial charge >= 0.3 is 0 Å². The Morgan fingerprint density at radius 2 is 1.86 bits per heavy atom. The Kier molecular flexibility index (Phi) is 9.92. The maximum atomic E-state index is 5.91. The molecular formula is C18H31NO2. The third-order valence-electron chi connectivity index (χ3n) is 3.36. The van der Waals surface area contributed by atoms with Crippen LogP contribution in [0.25, 0.3) is 0 Å². The van der Waals surface area contributed by atoms with Gasteiger partial charge in [0, 0.05) is 19.8 Å². The van der Waals surface area contributed by atoms with E-state index in [1.165, 1.54) is 18.4 Å². The molecule has 0 radical (unpaired) electrons. The molecule has 1 aromatic rings. The van der Waals surface area contributed by atoms with Gasteiger partial charge in [-0.1, -0.05) is 25.5 Å². The van der Waals surface area contributed by atoms with Crippen molar-refractivity contribution in [1.82, 2.24) is 5.32 Å². The van der Waals surface area contributed by atoms with Crippen molar-refractivity contribution >= 4 is 0 Å². The molecule has 0 spiro atoms. The minimum Gasteiger partial charge on any atom is -0.489 e. The molecule has 120 valence electrons. The van der Waals surface area contributed by atoms with E-state index in [-0.39, 0.29) is 6.10 Å². The normalized spacial score (nSPS) is 12.3. The summed E-state index contributed by atoms with van der Waals surface area (Å²) in [5.41, 5.74) is 1.39. The van der Waals surface area contributed by atoms with Gasteiger partial charge in [0.1, 0.15) is 11.9 Å². The smallest absolute Gasteiger partial charge is 0.119 e. The molecule has 1 N–H and O–H groups in total. The number of hydrogen-bond donors (Lipinski definition) is 1. The molecule has 0 heterocycles. The Morgan fingerprint density at radius 1 is 1.10 bits per heavy atom. The lowest BCUT2D eigenvalue weighted by Gasteiger charge is -2.16. The second kappa shape index (κ2) is 11.6. The van der Waals surface area contributed by atoms with Crippen LogP contribution >= 0.6 is 0 Å². The molecular weight excluding hydrogens is 262 g/mol. The van der Waals surface area contributed by atoms with E-state index in [0.29, 0.717) is 0 Å². The fourth-order valence-electron chi connectivity index (χ4n) is 2.14. The molecule has 0 amide bonds. The number of ether oxygens (including phenoxy) is 2. The Labute approximate surface area is 130 Å². The number of nitrogens with one attached hydrogen (secondary N) is 1. The zero-order valence-electron chi connectivity index (χ0n) is 13.9. The summed E-state index contributed by atoms with van der Waals surface area (Å²) in [4.78, 5) is 0. The molecule has 1 unspecified atom stereocenters. The number of rotatable bonds is 12. The Balaban J connectivity index is 2.17. The van der Waals surface area contributed by atoms with E-state index in [1.54, 1.807) is 0 Å². The number of unbranched alkanes of at least 4 members (excludes halogenated alkanes) is 1. The van der Waals surface area contributed by atoms with Gasteiger partial charge in [0.25, 0.3) is 0 Å². The Hall–Kier alpha value is -1.06. The third-order valence-corrected chi connectivity index (χ3v) is 3.36. The van der Waals surface area contributed by atoms with Crippen LogP contribution in [0.2, 0.25) is 0 Å². The first kappa shape index (κ1) is 18.0. The molecule has 21 heavy (non-hydrogen) atoms. The fourth-order valence-corrected chi connectivity index (χ4v) is 2.14. The van der Waals surface area contributed by atoms with Gasteiger partial charge in [0.15, 0.2) is 0 Å². The van der Waals surface area contributed by atoms with Gasteiger partial charge in [-0.2, -0.15) is 0 Å². The maximum absolute atomic E-state index is 5.91. The zero-order chi connectivity index (χ0) is 15.3. The van der Waals surface area contributed by atoms with Gasteiger partial charge in [-0.25, -0.2) is 0 Å². The lowest BCUT2D eigenvalue weighted by molar-refractivity contribution is 0.143. The standard InChI is InChI=1S/C18H31NO2/c1-4-6-8-17-9-11-18(12-10-17)21-16(3)15-19-13-7-14-20-5-2/h9-12,16,19H,4-8,13-15H2,1-3H3. The van der Waals surface area contributed by atoms with Crippen molar-refractivity contribution in [2.45, 2.75) is 52.6 Å². The SMILES string of the molecule is CCCCc1ccc(OC(C)CNCCCOCC)cc1. The largest absolute Gasteiger partial charge is 0.489 e. The summed E-state index contributed by atoms with van der Waals surface area (Å²) >= 11 is 0. The van der Waals surface area contributed by atoms with E-state index in [2.05, 4.69) is 43.4 Å². The molecule has 0 saturated carbocycles. The van der Waals surface area contributed by atoms with E-state index in [4.69, 9.17) is 9.47 Å². The second-order valence-corrected chi connectivity index (χ2v) is 5.43. The first-order valence-electron chi connectivity index (χ1n) is 8.30. The molecule has 1 atom stereocenters. The van der Waals surface area contributed by atoms with E-state index in [0.717, 1.165) is 44.9 Å². The van der Waals surface area contributed by atoms with Gasteiger partial charge in [-0.15, -0.1) is 0 Å². The van der Waals surface area contributed by atoms with Gasteiger partial charge in [-0.05, 0) is 57.4 Å². The number of aryl methyl sites for hydroxylation is 1. The minimum atomic E-state index is 0.179. The van der Waals surface area contributed by atoms with Crippen molar-refractivity contribution in [1.29, 1.82) is 0 Å². The molecule has 0 aromatic heterocycles. The number of hydrogen-bond acceptors (Lipinski definition) is 3. The van der Waals surface area contributed by atoms with E-state index in [9.17, 15) is 0 Å². The molecule has 1 aromatic carbocycles. The highest BCUT2D eigenvalue weighted by Crippen LogP contribution is 2.15. The summed E-state index contributed by atoms with van der Waals surface area (Å²) in [5.74, 6) is 0.957. The third kappa shape index (κ3) is 8.74. The van der Waals surface area contributed by atoms with Crippen molar-refractivity contribution in [3.8, 4) is 5.75 Å². The number of benzene rings is 1. The zero-order valence-corrected chi connectivity index (χ0v) is 13.9. The van der Waals surface area contributed by atoms with Crippen LogP contribution in [0.1, 0.15) is 45.6 Å². The highest BCUT2D eigenvalue weighted by molar-refractivity contribution is 5.27. The fraction of sp³-hybridized carbons (Fsp3) is 0.667. The molecule has 3 nitrogen and oxygen atoms in total. The van der Waals surface area contributed by atoms with E-state index < -0.39 is 0 Å². The van der Waals surface area contributed by atoms with Crippen molar-refractivity contribution in [2.24, 2.45) is 0 Å².